The predicted octanol–water partition coefficient (Wildman–Crippen LogP) is 0.755. The lowest BCUT2D eigenvalue weighted by molar-refractivity contribution is -0.294. The zero-order valence-corrected chi connectivity index (χ0v) is 12.1. The van der Waals surface area contributed by atoms with E-state index in [1.807, 2.05) is 20.8 Å². The molecular weight excluding hydrogens is 274 g/mol. The Morgan fingerprint density at radius 2 is 2.19 bits per heavy atom. The average Bonchev–Trinajstić information content (AvgIpc) is 2.41. The van der Waals surface area contributed by atoms with Crippen molar-refractivity contribution in [2.45, 2.75) is 32.7 Å². The number of nitrogens with one attached hydrogen (secondary N) is 1. The number of fused-ring (bicyclic) bond motifs is 1. The zero-order chi connectivity index (χ0) is 15.2. The first-order valence-corrected chi connectivity index (χ1v) is 6.70. The molecule has 0 spiro atoms. The topological polar surface area (TPSA) is 116 Å². The Bertz CT molecular complexity index is 742. The number of hydrogen-bond donors (Lipinski definition) is 2. The van der Waals surface area contributed by atoms with Crippen molar-refractivity contribution in [3.8, 4) is 0 Å². The summed E-state index contributed by atoms with van der Waals surface area (Å²) in [5.74, 6) is -0.573. The van der Waals surface area contributed by atoms with Gasteiger partial charge in [-0.15, -0.1) is 0 Å². The maximum Gasteiger partial charge on any atom is 0.280 e. The van der Waals surface area contributed by atoms with E-state index in [4.69, 9.17) is 15.2 Å². The first kappa shape index (κ1) is 13.9. The predicted molar refractivity (Wildman–Crippen MR) is 75.4 cm³/mol. The molecule has 1 saturated heterocycles. The van der Waals surface area contributed by atoms with Crippen molar-refractivity contribution in [2.24, 2.45) is 5.92 Å². The number of H-pyrrole nitrogens is 1. The van der Waals surface area contributed by atoms with Gasteiger partial charge in [0.1, 0.15) is 6.10 Å². The van der Waals surface area contributed by atoms with Crippen molar-refractivity contribution in [1.29, 1.82) is 0 Å². The average molecular weight is 291 g/mol. The lowest BCUT2D eigenvalue weighted by Gasteiger charge is -2.39. The van der Waals surface area contributed by atoms with Gasteiger partial charge in [-0.25, -0.2) is 9.97 Å². The van der Waals surface area contributed by atoms with Crippen LogP contribution in [0.4, 0.5) is 5.95 Å². The van der Waals surface area contributed by atoms with E-state index in [-0.39, 0.29) is 29.1 Å². The SMILES string of the molecule is CC1COC(C)(C)OC1c1cnc2nc(N)[nH]c(=O)c2n1. The summed E-state index contributed by atoms with van der Waals surface area (Å²) < 4.78 is 11.5. The minimum Gasteiger partial charge on any atom is -0.369 e. The number of hydrogen-bond acceptors (Lipinski definition) is 7. The second-order valence-electron chi connectivity index (χ2n) is 5.64. The van der Waals surface area contributed by atoms with Gasteiger partial charge >= 0.3 is 0 Å². The highest BCUT2D eigenvalue weighted by molar-refractivity contribution is 5.69. The van der Waals surface area contributed by atoms with Crippen molar-refractivity contribution < 1.29 is 9.47 Å². The molecule has 8 nitrogen and oxygen atoms in total. The van der Waals surface area contributed by atoms with Crippen molar-refractivity contribution in [2.75, 3.05) is 12.3 Å². The van der Waals surface area contributed by atoms with Gasteiger partial charge < -0.3 is 15.2 Å². The second-order valence-corrected chi connectivity index (χ2v) is 5.64. The van der Waals surface area contributed by atoms with E-state index in [1.54, 1.807) is 6.20 Å². The fourth-order valence-electron chi connectivity index (χ4n) is 2.31. The van der Waals surface area contributed by atoms with Gasteiger partial charge in [0.25, 0.3) is 5.56 Å². The molecule has 8 heteroatoms. The zero-order valence-electron chi connectivity index (χ0n) is 12.1. The summed E-state index contributed by atoms with van der Waals surface area (Å²) in [5, 5.41) is 0. The molecule has 2 aromatic heterocycles. The molecule has 0 aliphatic carbocycles. The van der Waals surface area contributed by atoms with E-state index in [0.717, 1.165) is 0 Å². The molecule has 112 valence electrons. The first-order valence-electron chi connectivity index (χ1n) is 6.70. The molecule has 3 heterocycles. The lowest BCUT2D eigenvalue weighted by Crippen LogP contribution is -2.40. The molecule has 1 fully saturated rings. The summed E-state index contributed by atoms with van der Waals surface area (Å²) in [4.78, 5) is 26.8. The van der Waals surface area contributed by atoms with Crippen LogP contribution in [-0.4, -0.2) is 32.3 Å². The molecule has 2 aromatic rings. The van der Waals surface area contributed by atoms with Crippen LogP contribution in [0.5, 0.6) is 0 Å². The van der Waals surface area contributed by atoms with E-state index >= 15 is 0 Å². The fraction of sp³-hybridized carbons (Fsp3) is 0.538. The van der Waals surface area contributed by atoms with E-state index < -0.39 is 11.3 Å². The largest absolute Gasteiger partial charge is 0.369 e. The van der Waals surface area contributed by atoms with Crippen molar-refractivity contribution in [3.05, 3.63) is 22.2 Å². The molecule has 0 bridgehead atoms. The van der Waals surface area contributed by atoms with E-state index in [1.165, 1.54) is 0 Å². The van der Waals surface area contributed by atoms with Crippen LogP contribution in [-0.2, 0) is 9.47 Å². The molecule has 0 amide bonds. The van der Waals surface area contributed by atoms with Gasteiger partial charge in [0.15, 0.2) is 17.0 Å². The Hall–Kier alpha value is -2.06. The number of nitrogen functional groups attached to an aromatic ring is 1. The van der Waals surface area contributed by atoms with Crippen LogP contribution in [0.3, 0.4) is 0 Å². The molecule has 2 atom stereocenters. The first-order chi connectivity index (χ1) is 9.85. The third-order valence-electron chi connectivity index (χ3n) is 3.37. The molecule has 0 radical (unpaired) electrons. The Labute approximate surface area is 120 Å². The van der Waals surface area contributed by atoms with Gasteiger partial charge in [-0.05, 0) is 13.8 Å². The van der Waals surface area contributed by atoms with Crippen LogP contribution >= 0.6 is 0 Å². The van der Waals surface area contributed by atoms with Gasteiger partial charge in [-0.3, -0.25) is 9.78 Å². The highest BCUT2D eigenvalue weighted by atomic mass is 16.7. The Morgan fingerprint density at radius 3 is 2.95 bits per heavy atom. The molecule has 21 heavy (non-hydrogen) atoms. The normalized spacial score (nSPS) is 25.1. The van der Waals surface area contributed by atoms with Gasteiger partial charge in [0, 0.05) is 5.92 Å². The molecule has 2 unspecified atom stereocenters. The number of ether oxygens (including phenoxy) is 2. The minimum atomic E-state index is -0.695. The molecule has 0 aromatic carbocycles. The summed E-state index contributed by atoms with van der Waals surface area (Å²) in [7, 11) is 0. The molecule has 1 aliphatic heterocycles. The van der Waals surface area contributed by atoms with Crippen molar-refractivity contribution in [3.63, 3.8) is 0 Å². The lowest BCUT2D eigenvalue weighted by atomic mass is 10.0. The summed E-state index contributed by atoms with van der Waals surface area (Å²) in [6, 6.07) is 0. The highest BCUT2D eigenvalue weighted by Gasteiger charge is 2.36. The highest BCUT2D eigenvalue weighted by Crippen LogP contribution is 2.35. The number of nitrogens with two attached hydrogens (primary N) is 1. The number of nitrogens with zero attached hydrogens (tertiary/aromatic N) is 3. The Morgan fingerprint density at radius 1 is 1.43 bits per heavy atom. The fourth-order valence-corrected chi connectivity index (χ4v) is 2.31. The van der Waals surface area contributed by atoms with Crippen LogP contribution in [0, 0.1) is 5.92 Å². The summed E-state index contributed by atoms with van der Waals surface area (Å²) in [6.07, 6.45) is 1.28. The van der Waals surface area contributed by atoms with E-state index in [9.17, 15) is 4.79 Å². The monoisotopic (exact) mass is 291 g/mol. The van der Waals surface area contributed by atoms with E-state index in [0.29, 0.717) is 12.3 Å². The smallest absolute Gasteiger partial charge is 0.280 e. The third-order valence-corrected chi connectivity index (χ3v) is 3.37. The maximum absolute atomic E-state index is 11.9. The molecule has 3 rings (SSSR count). The van der Waals surface area contributed by atoms with Gasteiger partial charge in [-0.2, -0.15) is 4.98 Å². The molecule has 3 N–H and O–H groups in total. The number of anilines is 1. The Balaban J connectivity index is 2.06. The van der Waals surface area contributed by atoms with E-state index in [2.05, 4.69) is 19.9 Å². The standard InChI is InChI=1S/C13H17N5O3/c1-6-5-20-13(2,3)21-9(6)7-4-15-10-8(16-7)11(19)18-12(14)17-10/h4,6,9H,5H2,1-3H3,(H3,14,15,17,18,19). The third kappa shape index (κ3) is 2.59. The van der Waals surface area contributed by atoms with Gasteiger partial charge in [0.05, 0.1) is 18.5 Å². The summed E-state index contributed by atoms with van der Waals surface area (Å²) in [6.45, 7) is 6.23. The van der Waals surface area contributed by atoms with Crippen LogP contribution in [0.25, 0.3) is 11.2 Å². The molecule has 0 saturated carbocycles. The van der Waals surface area contributed by atoms with Gasteiger partial charge in [0.2, 0.25) is 5.95 Å². The quantitative estimate of drug-likeness (QED) is 0.796. The summed E-state index contributed by atoms with van der Waals surface area (Å²) in [5.41, 5.74) is 6.04. The molecular formula is C13H17N5O3. The van der Waals surface area contributed by atoms with Crippen LogP contribution < -0.4 is 11.3 Å². The van der Waals surface area contributed by atoms with Crippen LogP contribution in [0.2, 0.25) is 0 Å². The Kier molecular flexibility index (Phi) is 3.14. The second kappa shape index (κ2) is 4.74. The van der Waals surface area contributed by atoms with Crippen molar-refractivity contribution in [1.82, 2.24) is 19.9 Å². The maximum atomic E-state index is 11.9. The number of aromatic nitrogens is 4. The van der Waals surface area contributed by atoms with Gasteiger partial charge in [-0.1, -0.05) is 6.92 Å². The summed E-state index contributed by atoms with van der Waals surface area (Å²) >= 11 is 0. The number of aromatic amines is 1. The van der Waals surface area contributed by atoms with Crippen LogP contribution in [0.15, 0.2) is 11.0 Å². The molecule has 1 aliphatic rings. The number of rotatable bonds is 1. The van der Waals surface area contributed by atoms with Crippen LogP contribution in [0.1, 0.15) is 32.6 Å². The van der Waals surface area contributed by atoms with Crippen molar-refractivity contribution >= 4 is 17.1 Å². The minimum absolute atomic E-state index is 0.0198.